The van der Waals surface area contributed by atoms with Crippen LogP contribution < -0.4 is 5.32 Å². The van der Waals surface area contributed by atoms with E-state index in [9.17, 15) is 9.59 Å². The molecule has 1 atom stereocenters. The molecular formula is C15H14N2O4. The summed E-state index contributed by atoms with van der Waals surface area (Å²) in [5, 5.41) is 15.9. The van der Waals surface area contributed by atoms with E-state index in [2.05, 4.69) is 10.5 Å². The van der Waals surface area contributed by atoms with Crippen LogP contribution in [0.3, 0.4) is 0 Å². The molecule has 1 aliphatic rings. The van der Waals surface area contributed by atoms with Crippen molar-refractivity contribution in [1.29, 1.82) is 0 Å². The number of benzene rings is 1. The number of hydrogen-bond donors (Lipinski definition) is 2. The Hall–Kier alpha value is -2.63. The first-order chi connectivity index (χ1) is 10.2. The van der Waals surface area contributed by atoms with E-state index >= 15 is 0 Å². The highest BCUT2D eigenvalue weighted by Gasteiger charge is 2.26. The average molecular weight is 286 g/mol. The molecule has 0 unspecified atom stereocenters. The molecule has 108 valence electrons. The fourth-order valence-corrected chi connectivity index (χ4v) is 2.57. The topological polar surface area (TPSA) is 92.4 Å². The van der Waals surface area contributed by atoms with Crippen molar-refractivity contribution in [2.75, 3.05) is 5.32 Å². The maximum Gasteiger partial charge on any atom is 0.326 e. The number of fused-ring (bicyclic) bond motifs is 3. The minimum atomic E-state index is -1.09. The zero-order valence-corrected chi connectivity index (χ0v) is 11.2. The van der Waals surface area contributed by atoms with Gasteiger partial charge in [-0.1, -0.05) is 29.4 Å². The third-order valence-electron chi connectivity index (χ3n) is 3.64. The minimum Gasteiger partial charge on any atom is -0.480 e. The third kappa shape index (κ3) is 2.40. The Balaban J connectivity index is 1.93. The second-order valence-corrected chi connectivity index (χ2v) is 4.93. The number of nitrogens with one attached hydrogen (secondary N) is 1. The number of carbonyl (C=O) groups is 2. The second-order valence-electron chi connectivity index (χ2n) is 4.93. The highest BCUT2D eigenvalue weighted by Crippen LogP contribution is 2.36. The first-order valence-electron chi connectivity index (χ1n) is 6.70. The van der Waals surface area contributed by atoms with Crippen LogP contribution in [0.2, 0.25) is 0 Å². The maximum atomic E-state index is 11.1. The van der Waals surface area contributed by atoms with Crippen LogP contribution in [-0.4, -0.2) is 28.6 Å². The molecule has 1 aromatic carbocycles. The summed E-state index contributed by atoms with van der Waals surface area (Å²) < 4.78 is 5.26. The van der Waals surface area contributed by atoms with E-state index in [0.717, 1.165) is 29.7 Å². The van der Waals surface area contributed by atoms with Gasteiger partial charge < -0.3 is 19.7 Å². The summed E-state index contributed by atoms with van der Waals surface area (Å²) in [6.07, 6.45) is 2.03. The molecule has 0 radical (unpaired) electrons. The first kappa shape index (κ1) is 13.4. The van der Waals surface area contributed by atoms with Gasteiger partial charge in [-0.2, -0.15) is 0 Å². The standard InChI is InChI=1S/C15H14N2O4/c18-8-7-12(15(19)20)16-14-11-6-5-9-3-1-2-4-10(9)13(11)17-21-14/h1-4,8,12,16H,5-7H2,(H,19,20)/t12-/m0/s1. The predicted molar refractivity (Wildman–Crippen MR) is 75.1 cm³/mol. The number of rotatable bonds is 5. The molecule has 0 fully saturated rings. The van der Waals surface area contributed by atoms with Gasteiger partial charge in [0.15, 0.2) is 0 Å². The number of aldehydes is 1. The van der Waals surface area contributed by atoms with Crippen molar-refractivity contribution in [3.05, 3.63) is 35.4 Å². The smallest absolute Gasteiger partial charge is 0.326 e. The fraction of sp³-hybridized carbons (Fsp3) is 0.267. The van der Waals surface area contributed by atoms with Gasteiger partial charge in [0.1, 0.15) is 18.0 Å². The van der Waals surface area contributed by atoms with Crippen molar-refractivity contribution in [3.63, 3.8) is 0 Å². The van der Waals surface area contributed by atoms with Gasteiger partial charge in [0, 0.05) is 17.5 Å². The van der Waals surface area contributed by atoms with Crippen LogP contribution in [0.5, 0.6) is 0 Å². The molecule has 21 heavy (non-hydrogen) atoms. The summed E-state index contributed by atoms with van der Waals surface area (Å²) >= 11 is 0. The van der Waals surface area contributed by atoms with Gasteiger partial charge in [-0.25, -0.2) is 4.79 Å². The maximum absolute atomic E-state index is 11.1. The molecule has 2 aromatic rings. The van der Waals surface area contributed by atoms with Crippen molar-refractivity contribution in [1.82, 2.24) is 5.16 Å². The van der Waals surface area contributed by atoms with E-state index in [1.165, 1.54) is 5.56 Å². The Morgan fingerprint density at radius 3 is 3.00 bits per heavy atom. The van der Waals surface area contributed by atoms with Gasteiger partial charge >= 0.3 is 5.97 Å². The molecule has 6 heteroatoms. The van der Waals surface area contributed by atoms with Crippen molar-refractivity contribution >= 4 is 18.1 Å². The number of aromatic nitrogens is 1. The largest absolute Gasteiger partial charge is 0.480 e. The molecule has 2 N–H and O–H groups in total. The van der Waals surface area contributed by atoms with Gasteiger partial charge in [0.25, 0.3) is 0 Å². The van der Waals surface area contributed by atoms with E-state index in [0.29, 0.717) is 12.2 Å². The quantitative estimate of drug-likeness (QED) is 0.815. The normalized spacial score (nSPS) is 13.9. The summed E-state index contributed by atoms with van der Waals surface area (Å²) in [5.74, 6) is -0.753. The minimum absolute atomic E-state index is 0.124. The van der Waals surface area contributed by atoms with Crippen LogP contribution in [0.1, 0.15) is 17.5 Å². The zero-order chi connectivity index (χ0) is 14.8. The molecule has 1 aliphatic carbocycles. The Morgan fingerprint density at radius 2 is 2.24 bits per heavy atom. The Labute approximate surface area is 120 Å². The number of nitrogens with zero attached hydrogens (tertiary/aromatic N) is 1. The number of aliphatic carboxylic acids is 1. The molecule has 0 bridgehead atoms. The molecule has 1 aromatic heterocycles. The molecule has 0 saturated heterocycles. The Morgan fingerprint density at radius 1 is 1.43 bits per heavy atom. The number of anilines is 1. The number of carboxylic acid groups (broad SMARTS) is 1. The summed E-state index contributed by atoms with van der Waals surface area (Å²) in [6, 6.07) is 6.93. The number of carbonyl (C=O) groups excluding carboxylic acids is 1. The van der Waals surface area contributed by atoms with Gasteiger partial charge in [-0.3, -0.25) is 0 Å². The van der Waals surface area contributed by atoms with Crippen LogP contribution in [-0.2, 0) is 22.4 Å². The van der Waals surface area contributed by atoms with E-state index in [4.69, 9.17) is 9.63 Å². The first-order valence-corrected chi connectivity index (χ1v) is 6.70. The van der Waals surface area contributed by atoms with Crippen LogP contribution >= 0.6 is 0 Å². The van der Waals surface area contributed by atoms with Gasteiger partial charge in [0.05, 0.1) is 0 Å². The monoisotopic (exact) mass is 286 g/mol. The lowest BCUT2D eigenvalue weighted by Crippen LogP contribution is -2.29. The molecule has 0 saturated carbocycles. The molecule has 3 rings (SSSR count). The lowest BCUT2D eigenvalue weighted by Gasteiger charge is -2.16. The summed E-state index contributed by atoms with van der Waals surface area (Å²) in [7, 11) is 0. The predicted octanol–water partition coefficient (Wildman–Crippen LogP) is 1.89. The highest BCUT2D eigenvalue weighted by molar-refractivity contribution is 5.81. The zero-order valence-electron chi connectivity index (χ0n) is 11.2. The molecular weight excluding hydrogens is 272 g/mol. The SMILES string of the molecule is O=CC[C@H](Nc1onc2c1CCc1ccccc1-2)C(=O)O. The van der Waals surface area contributed by atoms with Gasteiger partial charge in [-0.05, 0) is 18.4 Å². The molecule has 0 amide bonds. The van der Waals surface area contributed by atoms with Gasteiger partial charge in [0.2, 0.25) is 5.88 Å². The third-order valence-corrected chi connectivity index (χ3v) is 3.64. The fourth-order valence-electron chi connectivity index (χ4n) is 2.57. The molecule has 1 heterocycles. The lowest BCUT2D eigenvalue weighted by atomic mass is 9.90. The van der Waals surface area contributed by atoms with E-state index < -0.39 is 12.0 Å². The molecule has 6 nitrogen and oxygen atoms in total. The molecule has 0 spiro atoms. The number of aryl methyl sites for hydroxylation is 1. The van der Waals surface area contributed by atoms with E-state index in [-0.39, 0.29) is 6.42 Å². The van der Waals surface area contributed by atoms with Crippen LogP contribution in [0, 0.1) is 0 Å². The number of hydrogen-bond acceptors (Lipinski definition) is 5. The van der Waals surface area contributed by atoms with Crippen LogP contribution in [0.25, 0.3) is 11.3 Å². The van der Waals surface area contributed by atoms with Crippen molar-refractivity contribution in [2.45, 2.75) is 25.3 Å². The van der Waals surface area contributed by atoms with Crippen molar-refractivity contribution in [3.8, 4) is 11.3 Å². The molecule has 0 aliphatic heterocycles. The van der Waals surface area contributed by atoms with Crippen molar-refractivity contribution < 1.29 is 19.2 Å². The van der Waals surface area contributed by atoms with Crippen LogP contribution in [0.4, 0.5) is 5.88 Å². The summed E-state index contributed by atoms with van der Waals surface area (Å²) in [5.41, 5.74) is 3.82. The number of carboxylic acids is 1. The second kappa shape index (κ2) is 5.40. The summed E-state index contributed by atoms with van der Waals surface area (Å²) in [4.78, 5) is 21.6. The van der Waals surface area contributed by atoms with E-state index in [1.807, 2.05) is 24.3 Å². The van der Waals surface area contributed by atoms with Crippen LogP contribution in [0.15, 0.2) is 28.8 Å². The average Bonchev–Trinajstić information content (AvgIpc) is 2.90. The highest BCUT2D eigenvalue weighted by atomic mass is 16.5. The van der Waals surface area contributed by atoms with Gasteiger partial charge in [-0.15, -0.1) is 0 Å². The Kier molecular flexibility index (Phi) is 3.43. The van der Waals surface area contributed by atoms with Crippen molar-refractivity contribution in [2.24, 2.45) is 0 Å². The Bertz CT molecular complexity index is 693. The lowest BCUT2D eigenvalue weighted by molar-refractivity contribution is -0.138. The summed E-state index contributed by atoms with van der Waals surface area (Å²) in [6.45, 7) is 0. The van der Waals surface area contributed by atoms with E-state index in [1.54, 1.807) is 0 Å².